The number of esters is 3. The Labute approximate surface area is 265 Å². The fourth-order valence-electron chi connectivity index (χ4n) is 4.81. The van der Waals surface area contributed by atoms with Gasteiger partial charge in [0.05, 0.1) is 0 Å². The second-order valence-electron chi connectivity index (χ2n) is 11.6. The Morgan fingerprint density at radius 1 is 0.455 bits per heavy atom. The molecule has 0 aliphatic rings. The normalized spacial score (nSPS) is 11.1. The van der Waals surface area contributed by atoms with E-state index in [0.29, 0.717) is 36.5 Å². The average molecular weight is 607 g/mol. The van der Waals surface area contributed by atoms with Crippen LogP contribution in [-0.2, 0) is 14.4 Å². The van der Waals surface area contributed by atoms with Gasteiger partial charge in [-0.05, 0) is 54.7 Å². The van der Waals surface area contributed by atoms with Gasteiger partial charge in [-0.3, -0.25) is 14.4 Å². The van der Waals surface area contributed by atoms with Crippen molar-refractivity contribution in [3.63, 3.8) is 0 Å². The van der Waals surface area contributed by atoms with Crippen LogP contribution in [0.5, 0.6) is 17.2 Å². The molecule has 2 aromatic rings. The topological polar surface area (TPSA) is 78.9 Å². The van der Waals surface area contributed by atoms with Crippen LogP contribution < -0.4 is 14.2 Å². The van der Waals surface area contributed by atoms with Crippen molar-refractivity contribution in [2.45, 2.75) is 136 Å². The van der Waals surface area contributed by atoms with Gasteiger partial charge < -0.3 is 14.2 Å². The van der Waals surface area contributed by atoms with E-state index >= 15 is 0 Å². The quantitative estimate of drug-likeness (QED) is 0.0542. The van der Waals surface area contributed by atoms with Crippen molar-refractivity contribution in [2.24, 2.45) is 0 Å². The first-order chi connectivity index (χ1) is 21.4. The maximum atomic E-state index is 12.5. The maximum absolute atomic E-state index is 12.5. The molecule has 0 bridgehead atoms. The van der Waals surface area contributed by atoms with Gasteiger partial charge in [0, 0.05) is 25.3 Å². The molecule has 0 heterocycles. The third kappa shape index (κ3) is 17.0. The average Bonchev–Trinajstić information content (AvgIpc) is 3.00. The lowest BCUT2D eigenvalue weighted by molar-refractivity contribution is -0.135. The molecule has 0 aromatic heterocycles. The van der Waals surface area contributed by atoms with Crippen LogP contribution in [0.2, 0.25) is 0 Å². The van der Waals surface area contributed by atoms with Gasteiger partial charge in [-0.15, -0.1) is 0 Å². The minimum Gasteiger partial charge on any atom is -0.427 e. The van der Waals surface area contributed by atoms with Crippen LogP contribution in [0.3, 0.4) is 0 Å². The first kappa shape index (κ1) is 36.8. The summed E-state index contributed by atoms with van der Waals surface area (Å²) in [5, 5.41) is 0. The number of ether oxygens (including phenoxy) is 3. The molecular formula is C38H54O6. The van der Waals surface area contributed by atoms with Gasteiger partial charge in [0.25, 0.3) is 0 Å². The molecule has 0 amide bonds. The molecule has 0 atom stereocenters. The van der Waals surface area contributed by atoms with E-state index in [-0.39, 0.29) is 17.9 Å². The molecule has 0 unspecified atom stereocenters. The van der Waals surface area contributed by atoms with Crippen LogP contribution in [-0.4, -0.2) is 17.9 Å². The lowest BCUT2D eigenvalue weighted by atomic mass is 10.1. The van der Waals surface area contributed by atoms with Crippen LogP contribution in [0, 0.1) is 0 Å². The van der Waals surface area contributed by atoms with E-state index < -0.39 is 0 Å². The standard InChI is InChI=1S/C38H54O6/c1-4-7-10-13-16-19-36(39)42-33-26-24-31(25-27-33)22-23-32-28-34(43-37(40)20-17-14-11-8-5-2)30-35(29-32)44-38(41)21-18-15-12-9-6-3/h22-30H,4-21H2,1-3H3. The van der Waals surface area contributed by atoms with Gasteiger partial charge in [-0.1, -0.05) is 122 Å². The highest BCUT2D eigenvalue weighted by Crippen LogP contribution is 2.26. The van der Waals surface area contributed by atoms with Gasteiger partial charge in [0.1, 0.15) is 17.2 Å². The van der Waals surface area contributed by atoms with Crippen molar-refractivity contribution >= 4 is 30.1 Å². The Kier molecular flexibility index (Phi) is 19.3. The summed E-state index contributed by atoms with van der Waals surface area (Å²) < 4.78 is 16.8. The number of hydrogen-bond donors (Lipinski definition) is 0. The van der Waals surface area contributed by atoms with Crippen LogP contribution in [0.4, 0.5) is 0 Å². The second-order valence-corrected chi connectivity index (χ2v) is 11.6. The highest BCUT2D eigenvalue weighted by molar-refractivity contribution is 5.77. The predicted molar refractivity (Wildman–Crippen MR) is 179 cm³/mol. The molecule has 0 saturated heterocycles. The smallest absolute Gasteiger partial charge is 0.311 e. The van der Waals surface area contributed by atoms with Crippen molar-refractivity contribution in [1.29, 1.82) is 0 Å². The molecule has 242 valence electrons. The zero-order chi connectivity index (χ0) is 31.8. The summed E-state index contributed by atoms with van der Waals surface area (Å²) in [4.78, 5) is 37.2. The van der Waals surface area contributed by atoms with E-state index in [1.165, 1.54) is 25.7 Å². The molecule has 0 aliphatic carbocycles. The molecule has 2 aromatic carbocycles. The number of carbonyl (C=O) groups excluding carboxylic acids is 3. The minimum atomic E-state index is -0.290. The van der Waals surface area contributed by atoms with E-state index in [1.807, 2.05) is 24.3 Å². The molecule has 2 rings (SSSR count). The number of hydrogen-bond acceptors (Lipinski definition) is 6. The zero-order valence-corrected chi connectivity index (χ0v) is 27.4. The summed E-state index contributed by atoms with van der Waals surface area (Å²) >= 11 is 0. The maximum Gasteiger partial charge on any atom is 0.311 e. The Morgan fingerprint density at radius 2 is 0.818 bits per heavy atom. The minimum absolute atomic E-state index is 0.208. The predicted octanol–water partition coefficient (Wildman–Crippen LogP) is 10.7. The number of rotatable bonds is 23. The third-order valence-electron chi connectivity index (χ3n) is 7.40. The van der Waals surface area contributed by atoms with Crippen molar-refractivity contribution in [2.75, 3.05) is 0 Å². The highest BCUT2D eigenvalue weighted by atomic mass is 16.5. The van der Waals surface area contributed by atoms with E-state index in [1.54, 1.807) is 30.3 Å². The monoisotopic (exact) mass is 606 g/mol. The van der Waals surface area contributed by atoms with Crippen LogP contribution >= 0.6 is 0 Å². The molecule has 6 heteroatoms. The largest absolute Gasteiger partial charge is 0.427 e. The molecule has 0 N–H and O–H groups in total. The molecule has 6 nitrogen and oxygen atoms in total. The van der Waals surface area contributed by atoms with Crippen LogP contribution in [0.15, 0.2) is 42.5 Å². The second kappa shape index (κ2) is 23.0. The summed E-state index contributed by atoms with van der Waals surface area (Å²) in [6.45, 7) is 6.50. The summed E-state index contributed by atoms with van der Waals surface area (Å²) in [6.07, 6.45) is 20.8. The van der Waals surface area contributed by atoms with Gasteiger partial charge in [-0.2, -0.15) is 0 Å². The molecule has 44 heavy (non-hydrogen) atoms. The van der Waals surface area contributed by atoms with Gasteiger partial charge in [0.15, 0.2) is 0 Å². The number of benzene rings is 2. The first-order valence-corrected chi connectivity index (χ1v) is 17.0. The summed E-state index contributed by atoms with van der Waals surface area (Å²) in [7, 11) is 0. The van der Waals surface area contributed by atoms with Crippen molar-refractivity contribution in [3.8, 4) is 17.2 Å². The highest BCUT2D eigenvalue weighted by Gasteiger charge is 2.11. The van der Waals surface area contributed by atoms with E-state index in [9.17, 15) is 14.4 Å². The zero-order valence-electron chi connectivity index (χ0n) is 27.4. The molecular weight excluding hydrogens is 552 g/mol. The van der Waals surface area contributed by atoms with Crippen molar-refractivity contribution in [3.05, 3.63) is 53.6 Å². The first-order valence-electron chi connectivity index (χ1n) is 17.0. The lowest BCUT2D eigenvalue weighted by Crippen LogP contribution is -2.10. The number of carbonyl (C=O) groups is 3. The molecule has 0 aliphatic heterocycles. The third-order valence-corrected chi connectivity index (χ3v) is 7.40. The fraction of sp³-hybridized carbons (Fsp3) is 0.553. The van der Waals surface area contributed by atoms with Crippen molar-refractivity contribution in [1.82, 2.24) is 0 Å². The van der Waals surface area contributed by atoms with E-state index in [2.05, 4.69) is 20.8 Å². The summed E-state index contributed by atoms with van der Waals surface area (Å²) in [6, 6.07) is 12.5. The Balaban J connectivity index is 2.03. The number of unbranched alkanes of at least 4 members (excludes halogenated alkanes) is 12. The fourth-order valence-corrected chi connectivity index (χ4v) is 4.81. The Hall–Kier alpha value is -3.41. The van der Waals surface area contributed by atoms with Crippen LogP contribution in [0.1, 0.15) is 147 Å². The van der Waals surface area contributed by atoms with E-state index in [4.69, 9.17) is 14.2 Å². The molecule has 0 fully saturated rings. The van der Waals surface area contributed by atoms with Crippen LogP contribution in [0.25, 0.3) is 12.2 Å². The summed E-state index contributed by atoms with van der Waals surface area (Å²) in [5.41, 5.74) is 1.65. The van der Waals surface area contributed by atoms with Gasteiger partial charge in [-0.25, -0.2) is 0 Å². The summed E-state index contributed by atoms with van der Waals surface area (Å²) in [5.74, 6) is 0.444. The molecule has 0 spiro atoms. The van der Waals surface area contributed by atoms with Gasteiger partial charge in [0.2, 0.25) is 0 Å². The van der Waals surface area contributed by atoms with Crippen molar-refractivity contribution < 1.29 is 28.6 Å². The molecule has 0 saturated carbocycles. The lowest BCUT2D eigenvalue weighted by Gasteiger charge is -2.10. The van der Waals surface area contributed by atoms with Gasteiger partial charge >= 0.3 is 17.9 Å². The molecule has 0 radical (unpaired) electrons. The Morgan fingerprint density at radius 3 is 1.23 bits per heavy atom. The Bertz CT molecular complexity index is 1090. The van der Waals surface area contributed by atoms with E-state index in [0.717, 1.165) is 81.8 Å². The SMILES string of the molecule is CCCCCCCC(=O)Oc1ccc(C=Cc2cc(OC(=O)CCCCCCC)cc(OC(=O)CCCCCCC)c2)cc1.